The zero-order valence-electron chi connectivity index (χ0n) is 23.2. The lowest BCUT2D eigenvalue weighted by atomic mass is 9.90. The van der Waals surface area contributed by atoms with Crippen molar-refractivity contribution in [1.82, 2.24) is 28.3 Å². The summed E-state index contributed by atoms with van der Waals surface area (Å²) in [7, 11) is 1.68. The third-order valence-electron chi connectivity index (χ3n) is 8.09. The second kappa shape index (κ2) is 9.28. The molecular weight excluding hydrogens is 522 g/mol. The molecule has 7 rings (SSSR count). The standard InChI is InChI=1S/C30H31N7O4/c1-30(2)13-18-11-24-29(40)36(7-6-35(24)25(18)14-30)27-22(16-38)21(4-5-31-27)19-10-23(28(39)34(3)15-19)32-26-12-20-17-41-9-8-37(20)33-26/h4-7,10-12,15,38H,8-9,13-14,16-17H2,1-3H3,(H,32,33). The number of hydrogen-bond acceptors (Lipinski definition) is 7. The van der Waals surface area contributed by atoms with Gasteiger partial charge in [-0.1, -0.05) is 13.8 Å². The summed E-state index contributed by atoms with van der Waals surface area (Å²) in [6, 6.07) is 7.37. The number of pyridine rings is 2. The number of aromatic nitrogens is 6. The summed E-state index contributed by atoms with van der Waals surface area (Å²) in [5.74, 6) is 0.907. The van der Waals surface area contributed by atoms with E-state index in [1.54, 1.807) is 37.8 Å². The molecule has 0 saturated carbocycles. The van der Waals surface area contributed by atoms with Gasteiger partial charge in [-0.05, 0) is 47.6 Å². The second-order valence-corrected chi connectivity index (χ2v) is 11.7. The van der Waals surface area contributed by atoms with Gasteiger partial charge in [0.1, 0.15) is 17.0 Å². The molecule has 0 saturated heterocycles. The predicted octanol–water partition coefficient (Wildman–Crippen LogP) is 2.94. The summed E-state index contributed by atoms with van der Waals surface area (Å²) in [6.07, 6.45) is 8.78. The Bertz CT molecular complexity index is 1940. The molecule has 1 aliphatic heterocycles. The van der Waals surface area contributed by atoms with E-state index in [1.807, 2.05) is 27.4 Å². The molecule has 41 heavy (non-hydrogen) atoms. The fraction of sp³-hybridized carbons (Fsp3) is 0.333. The minimum Gasteiger partial charge on any atom is -0.392 e. The quantitative estimate of drug-likeness (QED) is 0.343. The Hall–Kier alpha value is -4.48. The van der Waals surface area contributed by atoms with Gasteiger partial charge in [0.05, 0.1) is 32.1 Å². The van der Waals surface area contributed by atoms with Crippen molar-refractivity contribution >= 4 is 17.0 Å². The maximum absolute atomic E-state index is 13.7. The molecule has 0 amide bonds. The Morgan fingerprint density at radius 2 is 1.98 bits per heavy atom. The van der Waals surface area contributed by atoms with Crippen molar-refractivity contribution in [1.29, 1.82) is 0 Å². The summed E-state index contributed by atoms with van der Waals surface area (Å²) in [5, 5.41) is 18.2. The number of rotatable bonds is 5. The SMILES string of the molecule is Cn1cc(-c2ccnc(-n3ccn4c5c(cc4c3=O)CC(C)(C)C5)c2CO)cc(Nc2cc3n(n2)CCOC3)c1=O. The summed E-state index contributed by atoms with van der Waals surface area (Å²) < 4.78 is 12.3. The fourth-order valence-electron chi connectivity index (χ4n) is 6.18. The van der Waals surface area contributed by atoms with E-state index < -0.39 is 0 Å². The van der Waals surface area contributed by atoms with Crippen LogP contribution in [0, 0.1) is 5.41 Å². The summed E-state index contributed by atoms with van der Waals surface area (Å²) in [4.78, 5) is 31.3. The third kappa shape index (κ3) is 4.20. The van der Waals surface area contributed by atoms with Gasteiger partial charge >= 0.3 is 0 Å². The van der Waals surface area contributed by atoms with Crippen molar-refractivity contribution in [3.05, 3.63) is 92.3 Å². The van der Waals surface area contributed by atoms with E-state index in [-0.39, 0.29) is 23.1 Å². The molecule has 210 valence electrons. The maximum Gasteiger partial charge on any atom is 0.280 e. The number of nitrogens with one attached hydrogen (secondary N) is 1. The van der Waals surface area contributed by atoms with Gasteiger partial charge in [-0.15, -0.1) is 0 Å². The number of anilines is 2. The first-order valence-corrected chi connectivity index (χ1v) is 13.7. The van der Waals surface area contributed by atoms with Gasteiger partial charge in [-0.25, -0.2) is 4.98 Å². The first-order chi connectivity index (χ1) is 19.7. The highest BCUT2D eigenvalue weighted by Crippen LogP contribution is 2.37. The van der Waals surface area contributed by atoms with Crippen LogP contribution in [0.2, 0.25) is 0 Å². The van der Waals surface area contributed by atoms with Gasteiger partial charge in [0.25, 0.3) is 11.1 Å². The minimum absolute atomic E-state index is 0.176. The van der Waals surface area contributed by atoms with Gasteiger partial charge in [-0.3, -0.25) is 18.8 Å². The van der Waals surface area contributed by atoms with Gasteiger partial charge in [-0.2, -0.15) is 5.10 Å². The molecule has 6 heterocycles. The molecule has 2 N–H and O–H groups in total. The Labute approximate surface area is 235 Å². The van der Waals surface area contributed by atoms with Gasteiger partial charge in [0.15, 0.2) is 5.82 Å². The van der Waals surface area contributed by atoms with Crippen LogP contribution in [0.4, 0.5) is 11.5 Å². The van der Waals surface area contributed by atoms with Crippen LogP contribution in [0.3, 0.4) is 0 Å². The Morgan fingerprint density at radius 3 is 2.78 bits per heavy atom. The van der Waals surface area contributed by atoms with E-state index in [2.05, 4.69) is 29.2 Å². The van der Waals surface area contributed by atoms with Gasteiger partial charge in [0.2, 0.25) is 0 Å². The lowest BCUT2D eigenvalue weighted by Crippen LogP contribution is -2.23. The van der Waals surface area contributed by atoms with Crippen LogP contribution in [-0.4, -0.2) is 40.0 Å². The molecule has 2 aliphatic rings. The van der Waals surface area contributed by atoms with Crippen molar-refractivity contribution in [2.75, 3.05) is 11.9 Å². The lowest BCUT2D eigenvalue weighted by Gasteiger charge is -2.17. The number of aliphatic hydroxyl groups is 1. The van der Waals surface area contributed by atoms with E-state index in [9.17, 15) is 14.7 Å². The number of fused-ring (bicyclic) bond motifs is 4. The van der Waals surface area contributed by atoms with Crippen molar-refractivity contribution in [2.24, 2.45) is 12.5 Å². The van der Waals surface area contributed by atoms with Crippen molar-refractivity contribution in [3.63, 3.8) is 0 Å². The molecule has 0 aromatic carbocycles. The molecule has 1 aliphatic carbocycles. The average molecular weight is 554 g/mol. The third-order valence-corrected chi connectivity index (χ3v) is 8.09. The van der Waals surface area contributed by atoms with E-state index in [0.717, 1.165) is 18.5 Å². The molecule has 11 heteroatoms. The Balaban J connectivity index is 1.30. The monoisotopic (exact) mass is 553 g/mol. The highest BCUT2D eigenvalue weighted by molar-refractivity contribution is 5.73. The van der Waals surface area contributed by atoms with E-state index in [4.69, 9.17) is 4.74 Å². The first-order valence-electron chi connectivity index (χ1n) is 13.7. The average Bonchev–Trinajstić information content (AvgIpc) is 3.60. The molecule has 0 unspecified atom stereocenters. The zero-order chi connectivity index (χ0) is 28.5. The molecule has 0 radical (unpaired) electrons. The maximum atomic E-state index is 13.7. The molecule has 11 nitrogen and oxygen atoms in total. The topological polar surface area (TPSA) is 121 Å². The zero-order valence-corrected chi connectivity index (χ0v) is 23.2. The number of aliphatic hydroxyl groups excluding tert-OH is 1. The molecule has 5 aromatic rings. The van der Waals surface area contributed by atoms with Crippen molar-refractivity contribution in [2.45, 2.75) is 46.4 Å². The van der Waals surface area contributed by atoms with Crippen LogP contribution in [0.5, 0.6) is 0 Å². The fourth-order valence-corrected chi connectivity index (χ4v) is 6.18. The molecule has 0 bridgehead atoms. The number of ether oxygens (including phenoxy) is 1. The van der Waals surface area contributed by atoms with Crippen LogP contribution >= 0.6 is 0 Å². The molecule has 0 spiro atoms. The number of hydrogen-bond donors (Lipinski definition) is 2. The first kappa shape index (κ1) is 25.5. The molecule has 5 aromatic heterocycles. The van der Waals surface area contributed by atoms with Crippen molar-refractivity contribution < 1.29 is 9.84 Å². The van der Waals surface area contributed by atoms with Gasteiger partial charge in [0, 0.05) is 54.7 Å². The van der Waals surface area contributed by atoms with Crippen LogP contribution in [0.25, 0.3) is 22.5 Å². The Kier molecular flexibility index (Phi) is 5.77. The summed E-state index contributed by atoms with van der Waals surface area (Å²) in [5.41, 5.74) is 5.84. The Morgan fingerprint density at radius 1 is 1.12 bits per heavy atom. The number of nitrogens with zero attached hydrogens (tertiary/aromatic N) is 6. The van der Waals surface area contributed by atoms with Crippen LogP contribution in [-0.2, 0) is 44.4 Å². The molecule has 0 fully saturated rings. The van der Waals surface area contributed by atoms with E-state index in [0.29, 0.717) is 59.3 Å². The largest absolute Gasteiger partial charge is 0.392 e. The lowest BCUT2D eigenvalue weighted by molar-refractivity contribution is 0.0801. The molecule has 0 atom stereocenters. The van der Waals surface area contributed by atoms with Crippen LogP contribution in [0.15, 0.2) is 58.6 Å². The second-order valence-electron chi connectivity index (χ2n) is 11.7. The highest BCUT2D eigenvalue weighted by atomic mass is 16.5. The normalized spacial score (nSPS) is 15.7. The minimum atomic E-state index is -0.346. The van der Waals surface area contributed by atoms with E-state index >= 15 is 0 Å². The molecular formula is C30H31N7O4. The summed E-state index contributed by atoms with van der Waals surface area (Å²) >= 11 is 0. The van der Waals surface area contributed by atoms with Crippen LogP contribution < -0.4 is 16.4 Å². The number of aryl methyl sites for hydroxylation is 1. The summed E-state index contributed by atoms with van der Waals surface area (Å²) in [6.45, 7) is 5.86. The van der Waals surface area contributed by atoms with E-state index in [1.165, 1.54) is 20.4 Å². The van der Waals surface area contributed by atoms with Crippen LogP contribution in [0.1, 0.15) is 36.4 Å². The van der Waals surface area contributed by atoms with Gasteiger partial charge < -0.3 is 24.1 Å². The highest BCUT2D eigenvalue weighted by Gasteiger charge is 2.32. The smallest absolute Gasteiger partial charge is 0.280 e. The van der Waals surface area contributed by atoms with Crippen molar-refractivity contribution in [3.8, 4) is 16.9 Å². The predicted molar refractivity (Wildman–Crippen MR) is 154 cm³/mol.